The molecule has 2 heterocycles. The van der Waals surface area contributed by atoms with Gasteiger partial charge in [-0.3, -0.25) is 4.79 Å². The average Bonchev–Trinajstić information content (AvgIpc) is 2.96. The molecule has 0 radical (unpaired) electrons. The molecule has 0 fully saturated rings. The van der Waals surface area contributed by atoms with E-state index in [9.17, 15) is 4.79 Å². The lowest BCUT2D eigenvalue weighted by Gasteiger charge is -2.08. The first kappa shape index (κ1) is 13.7. The topological polar surface area (TPSA) is 70.2 Å². The number of hydrogen-bond acceptors (Lipinski definition) is 6. The third kappa shape index (κ3) is 2.65. The fourth-order valence-electron chi connectivity index (χ4n) is 1.64. The summed E-state index contributed by atoms with van der Waals surface area (Å²) in [6.07, 6.45) is 1.61. The molecule has 0 aliphatic carbocycles. The summed E-state index contributed by atoms with van der Waals surface area (Å²) in [7, 11) is 3.23. The monoisotopic (exact) mass is 281 g/mol. The number of hydrogen-bond donors (Lipinski definition) is 0. The first-order valence-corrected chi connectivity index (χ1v) is 6.61. The Hall–Kier alpha value is -1.76. The van der Waals surface area contributed by atoms with Gasteiger partial charge in [0.25, 0.3) is 0 Å². The number of carbonyl (C=O) groups is 1. The fraction of sp³-hybridized carbons (Fsp3) is 0.417. The van der Waals surface area contributed by atoms with Gasteiger partial charge in [0, 0.05) is 7.05 Å². The molecule has 2 aromatic heterocycles. The minimum Gasteiger partial charge on any atom is -0.469 e. The maximum absolute atomic E-state index is 11.4. The van der Waals surface area contributed by atoms with Crippen LogP contribution >= 0.6 is 11.8 Å². The number of rotatable bonds is 4. The zero-order chi connectivity index (χ0) is 14.0. The molecule has 0 saturated heterocycles. The number of methoxy groups -OCH3 is 1. The minimum absolute atomic E-state index is 0.283. The summed E-state index contributed by atoms with van der Waals surface area (Å²) in [6, 6.07) is 1.84. The van der Waals surface area contributed by atoms with E-state index in [-0.39, 0.29) is 11.2 Å². The van der Waals surface area contributed by atoms with Crippen LogP contribution < -0.4 is 0 Å². The second kappa shape index (κ2) is 5.48. The summed E-state index contributed by atoms with van der Waals surface area (Å²) >= 11 is 1.31. The van der Waals surface area contributed by atoms with Crippen LogP contribution in [0.5, 0.6) is 0 Å². The average molecular weight is 281 g/mol. The van der Waals surface area contributed by atoms with Crippen molar-refractivity contribution in [3.63, 3.8) is 0 Å². The van der Waals surface area contributed by atoms with Gasteiger partial charge < -0.3 is 13.7 Å². The van der Waals surface area contributed by atoms with Crippen molar-refractivity contribution in [2.75, 3.05) is 7.11 Å². The molecule has 0 aromatic carbocycles. The van der Waals surface area contributed by atoms with E-state index in [1.165, 1.54) is 18.9 Å². The number of carbonyl (C=O) groups excluding carboxylic acids is 1. The molecule has 0 spiro atoms. The molecule has 0 bridgehead atoms. The van der Waals surface area contributed by atoms with E-state index < -0.39 is 0 Å². The number of thioether (sulfide) groups is 1. The molecular formula is C12H15N3O3S. The van der Waals surface area contributed by atoms with Gasteiger partial charge >= 0.3 is 5.97 Å². The lowest BCUT2D eigenvalue weighted by Crippen LogP contribution is -2.15. The van der Waals surface area contributed by atoms with Gasteiger partial charge in [-0.25, -0.2) is 0 Å². The number of nitrogens with zero attached hydrogens (tertiary/aromatic N) is 3. The number of furan rings is 1. The molecule has 7 heteroatoms. The van der Waals surface area contributed by atoms with Crippen LogP contribution in [0.1, 0.15) is 12.7 Å². The lowest BCUT2D eigenvalue weighted by molar-refractivity contribution is -0.139. The Kier molecular flexibility index (Phi) is 3.94. The van der Waals surface area contributed by atoms with Crippen molar-refractivity contribution in [3.8, 4) is 11.4 Å². The van der Waals surface area contributed by atoms with Crippen LogP contribution in [0, 0.1) is 6.92 Å². The molecule has 0 aliphatic heterocycles. The zero-order valence-electron chi connectivity index (χ0n) is 11.2. The maximum atomic E-state index is 11.4. The Labute approximate surface area is 115 Å². The van der Waals surface area contributed by atoms with E-state index in [1.807, 2.05) is 24.6 Å². The number of ether oxygens (including phenoxy) is 1. The van der Waals surface area contributed by atoms with E-state index in [0.29, 0.717) is 11.0 Å². The Morgan fingerprint density at radius 2 is 2.26 bits per heavy atom. The van der Waals surface area contributed by atoms with Crippen molar-refractivity contribution in [2.45, 2.75) is 24.3 Å². The molecule has 1 atom stereocenters. The van der Waals surface area contributed by atoms with Gasteiger partial charge in [0.2, 0.25) is 0 Å². The van der Waals surface area contributed by atoms with E-state index in [4.69, 9.17) is 9.15 Å². The Morgan fingerprint density at radius 3 is 2.84 bits per heavy atom. The highest BCUT2D eigenvalue weighted by Crippen LogP contribution is 2.27. The molecule has 6 nitrogen and oxygen atoms in total. The normalized spacial score (nSPS) is 12.4. The SMILES string of the molecule is COC(=O)C(C)Sc1nnc(-c2ccoc2C)n1C. The van der Waals surface area contributed by atoms with Gasteiger partial charge in [0.1, 0.15) is 11.0 Å². The van der Waals surface area contributed by atoms with Crippen molar-refractivity contribution in [2.24, 2.45) is 7.05 Å². The summed E-state index contributed by atoms with van der Waals surface area (Å²) in [5, 5.41) is 8.57. The predicted octanol–water partition coefficient (Wildman–Crippen LogP) is 2.04. The Bertz CT molecular complexity index is 591. The second-order valence-electron chi connectivity index (χ2n) is 4.04. The van der Waals surface area contributed by atoms with Crippen molar-refractivity contribution in [1.29, 1.82) is 0 Å². The van der Waals surface area contributed by atoms with E-state index >= 15 is 0 Å². The molecule has 19 heavy (non-hydrogen) atoms. The van der Waals surface area contributed by atoms with Gasteiger partial charge in [-0.05, 0) is 19.9 Å². The van der Waals surface area contributed by atoms with Crippen LogP contribution in [0.3, 0.4) is 0 Å². The van der Waals surface area contributed by atoms with Crippen LogP contribution in [-0.4, -0.2) is 33.1 Å². The second-order valence-corrected chi connectivity index (χ2v) is 5.35. The highest BCUT2D eigenvalue weighted by Gasteiger charge is 2.20. The summed E-state index contributed by atoms with van der Waals surface area (Å²) in [5.74, 6) is 1.22. The zero-order valence-corrected chi connectivity index (χ0v) is 12.0. The van der Waals surface area contributed by atoms with E-state index in [0.717, 1.165) is 11.3 Å². The van der Waals surface area contributed by atoms with Crippen molar-refractivity contribution in [3.05, 3.63) is 18.1 Å². The first-order chi connectivity index (χ1) is 9.04. The Balaban J connectivity index is 2.24. The predicted molar refractivity (Wildman–Crippen MR) is 70.8 cm³/mol. The van der Waals surface area contributed by atoms with Gasteiger partial charge in [-0.15, -0.1) is 10.2 Å². The van der Waals surface area contributed by atoms with E-state index in [2.05, 4.69) is 10.2 Å². The first-order valence-electron chi connectivity index (χ1n) is 5.73. The van der Waals surface area contributed by atoms with Crippen LogP contribution in [0.25, 0.3) is 11.4 Å². The van der Waals surface area contributed by atoms with Crippen molar-refractivity contribution in [1.82, 2.24) is 14.8 Å². The van der Waals surface area contributed by atoms with Gasteiger partial charge in [-0.2, -0.15) is 0 Å². The molecule has 102 valence electrons. The fourth-order valence-corrected chi connectivity index (χ4v) is 2.48. The summed E-state index contributed by atoms with van der Waals surface area (Å²) < 4.78 is 11.8. The van der Waals surface area contributed by atoms with Crippen LogP contribution in [0.2, 0.25) is 0 Å². The highest BCUT2D eigenvalue weighted by atomic mass is 32.2. The van der Waals surface area contributed by atoms with Crippen LogP contribution in [0.15, 0.2) is 21.9 Å². The Morgan fingerprint density at radius 1 is 1.53 bits per heavy atom. The minimum atomic E-state index is -0.328. The molecule has 0 saturated carbocycles. The number of aromatic nitrogens is 3. The van der Waals surface area contributed by atoms with Crippen LogP contribution in [-0.2, 0) is 16.6 Å². The quantitative estimate of drug-likeness (QED) is 0.631. The van der Waals surface area contributed by atoms with Crippen molar-refractivity contribution < 1.29 is 13.9 Å². The van der Waals surface area contributed by atoms with Crippen LogP contribution in [0.4, 0.5) is 0 Å². The molecule has 2 aromatic rings. The van der Waals surface area contributed by atoms with E-state index in [1.54, 1.807) is 13.2 Å². The number of esters is 1. The molecule has 0 aliphatic rings. The maximum Gasteiger partial charge on any atom is 0.318 e. The molecule has 1 unspecified atom stereocenters. The summed E-state index contributed by atoms with van der Waals surface area (Å²) in [6.45, 7) is 3.64. The standard InChI is InChI=1S/C12H15N3O3S/c1-7-9(5-6-18-7)10-13-14-12(15(10)3)19-8(2)11(16)17-4/h5-6,8H,1-4H3. The summed E-state index contributed by atoms with van der Waals surface area (Å²) in [5.41, 5.74) is 0.896. The molecule has 0 amide bonds. The van der Waals surface area contributed by atoms with Crippen molar-refractivity contribution >= 4 is 17.7 Å². The third-order valence-electron chi connectivity index (χ3n) is 2.75. The van der Waals surface area contributed by atoms with Gasteiger partial charge in [0.15, 0.2) is 11.0 Å². The molecular weight excluding hydrogens is 266 g/mol. The summed E-state index contributed by atoms with van der Waals surface area (Å²) in [4.78, 5) is 11.4. The lowest BCUT2D eigenvalue weighted by atomic mass is 10.2. The smallest absolute Gasteiger partial charge is 0.318 e. The highest BCUT2D eigenvalue weighted by molar-refractivity contribution is 8.00. The third-order valence-corrected chi connectivity index (χ3v) is 3.86. The largest absolute Gasteiger partial charge is 0.469 e. The van der Waals surface area contributed by atoms with Gasteiger partial charge in [-0.1, -0.05) is 11.8 Å². The molecule has 0 N–H and O–H groups in total. The molecule has 2 rings (SSSR count). The van der Waals surface area contributed by atoms with Gasteiger partial charge in [0.05, 0.1) is 18.9 Å². The number of aryl methyl sites for hydroxylation is 1.